The van der Waals surface area contributed by atoms with Gasteiger partial charge in [0.05, 0.1) is 6.04 Å². The van der Waals surface area contributed by atoms with Gasteiger partial charge in [0.1, 0.15) is 0 Å². The highest BCUT2D eigenvalue weighted by Gasteiger charge is 2.51. The number of rotatable bonds is 4. The minimum Gasteiger partial charge on any atom is -0.271 e. The van der Waals surface area contributed by atoms with E-state index in [1.807, 2.05) is 0 Å². The first-order valence-electron chi connectivity index (χ1n) is 5.92. The Kier molecular flexibility index (Phi) is 2.74. The summed E-state index contributed by atoms with van der Waals surface area (Å²) in [5, 5.41) is 2.11. The monoisotopic (exact) mass is 244 g/mol. The second kappa shape index (κ2) is 4.26. The molecule has 1 unspecified atom stereocenters. The molecule has 1 saturated carbocycles. The maximum atomic E-state index is 5.78. The molecule has 3 rings (SSSR count). The van der Waals surface area contributed by atoms with Crippen molar-refractivity contribution < 1.29 is 0 Å². The second-order valence-corrected chi connectivity index (χ2v) is 5.62. The molecular weight excluding hydrogens is 228 g/mol. The Morgan fingerprint density at radius 2 is 1.88 bits per heavy atom. The average Bonchev–Trinajstić information content (AvgIpc) is 3.00. The van der Waals surface area contributed by atoms with E-state index in [4.69, 9.17) is 5.84 Å². The minimum absolute atomic E-state index is 0.209. The molecule has 0 amide bonds. The summed E-state index contributed by atoms with van der Waals surface area (Å²) in [5.74, 6) is 5.78. The van der Waals surface area contributed by atoms with Crippen LogP contribution in [-0.4, -0.2) is 0 Å². The van der Waals surface area contributed by atoms with Crippen molar-refractivity contribution in [2.45, 2.75) is 24.3 Å². The third-order valence-electron chi connectivity index (χ3n) is 3.68. The largest absolute Gasteiger partial charge is 0.271 e. The van der Waals surface area contributed by atoms with Gasteiger partial charge >= 0.3 is 0 Å². The molecule has 0 saturated heterocycles. The summed E-state index contributed by atoms with van der Waals surface area (Å²) in [5.41, 5.74) is 4.62. The molecule has 2 nitrogen and oxygen atoms in total. The van der Waals surface area contributed by atoms with Crippen LogP contribution >= 0.6 is 11.3 Å². The molecule has 1 atom stereocenters. The van der Waals surface area contributed by atoms with Gasteiger partial charge in [-0.3, -0.25) is 11.3 Å². The van der Waals surface area contributed by atoms with Crippen LogP contribution < -0.4 is 11.3 Å². The van der Waals surface area contributed by atoms with Crippen LogP contribution in [0.1, 0.15) is 29.3 Å². The molecule has 1 aromatic carbocycles. The lowest BCUT2D eigenvalue weighted by molar-refractivity contribution is 0.445. The van der Waals surface area contributed by atoms with E-state index in [1.54, 1.807) is 11.3 Å². The van der Waals surface area contributed by atoms with Crippen molar-refractivity contribution in [2.24, 2.45) is 5.84 Å². The van der Waals surface area contributed by atoms with Gasteiger partial charge in [-0.05, 0) is 29.9 Å². The van der Waals surface area contributed by atoms with Gasteiger partial charge in [0, 0.05) is 10.3 Å². The number of hydrogen-bond donors (Lipinski definition) is 2. The first-order valence-corrected chi connectivity index (χ1v) is 6.80. The van der Waals surface area contributed by atoms with Crippen molar-refractivity contribution in [1.29, 1.82) is 0 Å². The molecule has 3 N–H and O–H groups in total. The minimum atomic E-state index is 0.209. The summed E-state index contributed by atoms with van der Waals surface area (Å²) in [4.78, 5) is 1.33. The van der Waals surface area contributed by atoms with Crippen molar-refractivity contribution in [3.8, 4) is 0 Å². The van der Waals surface area contributed by atoms with Crippen molar-refractivity contribution in [1.82, 2.24) is 5.43 Å². The first kappa shape index (κ1) is 11.0. The predicted octanol–water partition coefficient (Wildman–Crippen LogP) is 2.98. The van der Waals surface area contributed by atoms with Crippen LogP contribution in [0.2, 0.25) is 0 Å². The van der Waals surface area contributed by atoms with Gasteiger partial charge in [-0.1, -0.05) is 36.4 Å². The smallest absolute Gasteiger partial charge is 0.0649 e. The number of nitrogens with two attached hydrogens (primary N) is 1. The van der Waals surface area contributed by atoms with Gasteiger partial charge in [0.25, 0.3) is 0 Å². The molecule has 0 radical (unpaired) electrons. The van der Waals surface area contributed by atoms with Gasteiger partial charge in [-0.15, -0.1) is 11.3 Å². The molecule has 2 aromatic rings. The summed E-state index contributed by atoms with van der Waals surface area (Å²) < 4.78 is 0. The van der Waals surface area contributed by atoms with E-state index in [9.17, 15) is 0 Å². The number of hydrazine groups is 1. The SMILES string of the molecule is NNC(c1cccs1)C1(c2ccccc2)CC1. The first-order chi connectivity index (χ1) is 8.37. The maximum absolute atomic E-state index is 5.78. The molecule has 1 fully saturated rings. The van der Waals surface area contributed by atoms with E-state index < -0.39 is 0 Å². The predicted molar refractivity (Wildman–Crippen MR) is 71.7 cm³/mol. The lowest BCUT2D eigenvalue weighted by Gasteiger charge is -2.26. The van der Waals surface area contributed by atoms with Crippen molar-refractivity contribution in [3.63, 3.8) is 0 Å². The second-order valence-electron chi connectivity index (χ2n) is 4.64. The number of thiophene rings is 1. The van der Waals surface area contributed by atoms with Gasteiger partial charge in [0.2, 0.25) is 0 Å². The fourth-order valence-electron chi connectivity index (χ4n) is 2.62. The fraction of sp³-hybridized carbons (Fsp3) is 0.286. The summed E-state index contributed by atoms with van der Waals surface area (Å²) in [7, 11) is 0. The highest BCUT2D eigenvalue weighted by atomic mass is 32.1. The zero-order valence-electron chi connectivity index (χ0n) is 9.60. The Morgan fingerprint density at radius 3 is 2.41 bits per heavy atom. The van der Waals surface area contributed by atoms with Crippen LogP contribution in [0.3, 0.4) is 0 Å². The Balaban J connectivity index is 1.97. The third kappa shape index (κ3) is 1.80. The van der Waals surface area contributed by atoms with Crippen LogP contribution in [0.25, 0.3) is 0 Å². The molecule has 88 valence electrons. The standard InChI is InChI=1S/C14H16N2S/c15-16-13(12-7-4-10-17-12)14(8-9-14)11-5-2-1-3-6-11/h1-7,10,13,16H,8-9,15H2. The Bertz CT molecular complexity index is 474. The fourth-order valence-corrected chi connectivity index (χ4v) is 3.52. The Labute approximate surface area is 105 Å². The van der Waals surface area contributed by atoms with Crippen LogP contribution in [0.15, 0.2) is 47.8 Å². The van der Waals surface area contributed by atoms with Crippen molar-refractivity contribution in [3.05, 3.63) is 58.3 Å². The Hall–Kier alpha value is -1.16. The summed E-state index contributed by atoms with van der Waals surface area (Å²) in [6, 6.07) is 15.2. The highest BCUT2D eigenvalue weighted by Crippen LogP contribution is 2.56. The van der Waals surface area contributed by atoms with Crippen LogP contribution in [-0.2, 0) is 5.41 Å². The van der Waals surface area contributed by atoms with Gasteiger partial charge in [-0.2, -0.15) is 0 Å². The maximum Gasteiger partial charge on any atom is 0.0649 e. The van der Waals surface area contributed by atoms with Gasteiger partial charge in [-0.25, -0.2) is 0 Å². The van der Waals surface area contributed by atoms with E-state index in [0.29, 0.717) is 0 Å². The van der Waals surface area contributed by atoms with Crippen LogP contribution in [0, 0.1) is 0 Å². The lowest BCUT2D eigenvalue weighted by atomic mass is 9.87. The molecule has 1 aromatic heterocycles. The number of hydrogen-bond acceptors (Lipinski definition) is 3. The average molecular weight is 244 g/mol. The quantitative estimate of drug-likeness (QED) is 0.641. The molecule has 0 bridgehead atoms. The Morgan fingerprint density at radius 1 is 1.12 bits per heavy atom. The molecular formula is C14H16N2S. The highest BCUT2D eigenvalue weighted by molar-refractivity contribution is 7.10. The number of nitrogens with one attached hydrogen (secondary N) is 1. The van der Waals surface area contributed by atoms with E-state index in [0.717, 1.165) is 0 Å². The number of benzene rings is 1. The molecule has 0 aliphatic heterocycles. The zero-order chi connectivity index (χ0) is 11.7. The van der Waals surface area contributed by atoms with E-state index in [-0.39, 0.29) is 11.5 Å². The normalized spacial score (nSPS) is 18.9. The van der Waals surface area contributed by atoms with Crippen molar-refractivity contribution >= 4 is 11.3 Å². The molecule has 0 spiro atoms. The molecule has 1 aliphatic carbocycles. The molecule has 1 heterocycles. The molecule has 17 heavy (non-hydrogen) atoms. The van der Waals surface area contributed by atoms with Crippen molar-refractivity contribution in [2.75, 3.05) is 0 Å². The van der Waals surface area contributed by atoms with Crippen LogP contribution in [0.5, 0.6) is 0 Å². The lowest BCUT2D eigenvalue weighted by Crippen LogP contribution is -2.36. The third-order valence-corrected chi connectivity index (χ3v) is 4.62. The van der Waals surface area contributed by atoms with E-state index in [1.165, 1.54) is 23.3 Å². The zero-order valence-corrected chi connectivity index (χ0v) is 10.4. The topological polar surface area (TPSA) is 38.0 Å². The summed E-state index contributed by atoms with van der Waals surface area (Å²) >= 11 is 1.77. The van der Waals surface area contributed by atoms with Gasteiger partial charge in [0.15, 0.2) is 0 Å². The van der Waals surface area contributed by atoms with E-state index in [2.05, 4.69) is 53.3 Å². The molecule has 1 aliphatic rings. The van der Waals surface area contributed by atoms with E-state index >= 15 is 0 Å². The molecule has 3 heteroatoms. The summed E-state index contributed by atoms with van der Waals surface area (Å²) in [6.07, 6.45) is 2.42. The summed E-state index contributed by atoms with van der Waals surface area (Å²) in [6.45, 7) is 0. The van der Waals surface area contributed by atoms with Crippen LogP contribution in [0.4, 0.5) is 0 Å². The van der Waals surface area contributed by atoms with Gasteiger partial charge < -0.3 is 0 Å².